The number of aryl methyl sites for hydroxylation is 2. The number of carbonyl (C=O) groups excluding carboxylic acids is 6. The molecule has 0 unspecified atom stereocenters. The highest BCUT2D eigenvalue weighted by atomic mass is 32.2. The van der Waals surface area contributed by atoms with Crippen LogP contribution in [0.1, 0.15) is 22.3 Å². The van der Waals surface area contributed by atoms with Crippen molar-refractivity contribution in [3.05, 3.63) is 132 Å². The summed E-state index contributed by atoms with van der Waals surface area (Å²) >= 11 is 2.53. The lowest BCUT2D eigenvalue weighted by Crippen LogP contribution is -2.43. The Kier molecular flexibility index (Phi) is 26.6. The minimum absolute atomic E-state index is 0.0180. The number of amides is 6. The third kappa shape index (κ3) is 21.2. The van der Waals surface area contributed by atoms with Gasteiger partial charge in [-0.2, -0.15) is 9.13 Å². The van der Waals surface area contributed by atoms with Gasteiger partial charge in [0, 0.05) is 98.1 Å². The quantitative estimate of drug-likeness (QED) is 0.00943. The maximum absolute atomic E-state index is 13.7. The summed E-state index contributed by atoms with van der Waals surface area (Å²) in [5.74, 6) is -4.48. The number of sulfonamides is 2. The highest BCUT2D eigenvalue weighted by Crippen LogP contribution is 2.34. The summed E-state index contributed by atoms with van der Waals surface area (Å²) in [6.45, 7) is 7.79. The Balaban J connectivity index is 0.813. The molecule has 31 heteroatoms. The smallest absolute Gasteiger partial charge is 0.327 e. The van der Waals surface area contributed by atoms with Gasteiger partial charge >= 0.3 is 23.6 Å². The number of rotatable bonds is 32. The number of nitrogens with zero attached hydrogens (tertiary/aromatic N) is 4. The predicted molar refractivity (Wildman–Crippen MR) is 351 cm³/mol. The number of hydrogen-bond donors (Lipinski definition) is 10. The molecule has 2 heterocycles. The Morgan fingerprint density at radius 1 is 0.473 bits per heavy atom. The van der Waals surface area contributed by atoms with E-state index >= 15 is 0 Å². The van der Waals surface area contributed by atoms with Crippen LogP contribution in [0.4, 0.5) is 45.5 Å². The first-order chi connectivity index (χ1) is 43.3. The van der Waals surface area contributed by atoms with Crippen molar-refractivity contribution in [1.82, 2.24) is 21.5 Å². The molecule has 6 rings (SSSR count). The van der Waals surface area contributed by atoms with E-state index in [2.05, 4.69) is 52.4 Å². The zero-order chi connectivity index (χ0) is 66.4. The third-order valence-corrected chi connectivity index (χ3v) is 18.1. The van der Waals surface area contributed by atoms with Gasteiger partial charge in [-0.1, -0.05) is 12.1 Å². The topological polar surface area (TPSA) is 333 Å². The number of thioether (sulfide) groups is 2. The molecular weight excluding hydrogens is 1250 g/mol. The van der Waals surface area contributed by atoms with E-state index in [1.54, 1.807) is 98.4 Å². The average molecular weight is 1330 g/mol. The molecular formula is C60H78N14O13S4+2. The molecule has 0 radical (unpaired) electrons. The molecule has 0 aliphatic heterocycles. The summed E-state index contributed by atoms with van der Waals surface area (Å²) in [6.07, 6.45) is 10.7. The van der Waals surface area contributed by atoms with Gasteiger partial charge in [-0.3, -0.25) is 59.9 Å². The Labute approximate surface area is 538 Å². The summed E-state index contributed by atoms with van der Waals surface area (Å²) in [7, 11) is -0.605. The molecule has 91 heavy (non-hydrogen) atoms. The fraction of sp³-hybridized carbons (Fsp3) is 0.333. The number of hydrazine groups is 2. The minimum Gasteiger partial charge on any atom is -0.377 e. The SMILES string of the molecule is CSc1cc(NS(=O)(=O)c2ccc(C)c(NC(=O)C[n+]3ccc(N(C)C)cc3)c2C)ccc1NNC(=O)C(=O)NCCOCCOCCOCCNC(=O)C(=O)NNc1ccc(NS(=O)(=O)c2ccc(C)c(NC(=O)C[n+]3ccc(N(C)C)cc3)c2C)cc1SC. The number of benzene rings is 4. The van der Waals surface area contributed by atoms with Crippen molar-refractivity contribution in [3.63, 3.8) is 0 Å². The molecule has 4 aromatic carbocycles. The maximum Gasteiger partial charge on any atom is 0.327 e. The van der Waals surface area contributed by atoms with Crippen LogP contribution in [0.25, 0.3) is 0 Å². The van der Waals surface area contributed by atoms with Crippen molar-refractivity contribution in [2.24, 2.45) is 0 Å². The van der Waals surface area contributed by atoms with E-state index in [-0.39, 0.29) is 98.8 Å². The van der Waals surface area contributed by atoms with Crippen molar-refractivity contribution >= 4 is 125 Å². The highest BCUT2D eigenvalue weighted by molar-refractivity contribution is 7.99. The van der Waals surface area contributed by atoms with E-state index in [4.69, 9.17) is 14.2 Å². The first kappa shape index (κ1) is 71.4. The standard InChI is InChI=1S/C60H76N14O13S4/c1-39-11-17-51(41(3)55(39)63-53(75)37-73-25-19-45(20-26-73)71(5)6)90(81,82)69-43-13-15-47(49(35-43)88-9)65-67-59(79)57(77)61-23-29-85-31-33-87-34-32-86-30-24-62-58(78)60(80)68-66-48-16-14-44(36-50(48)89-10)70-91(83,84)52-18-12-40(2)56(42(52)4)64-54(76)38-74-27-21-46(22-28-74)72(7)8/h11-22,25-28,35-36H,23-24,29-34,37-38H2,1-10H3,(H8-2,61,62,63,64,65,66,67,68,69,70,75,76,77,78,79,80)/p+2. The molecule has 0 saturated heterocycles. The Bertz CT molecular complexity index is 3560. The molecule has 6 amide bonds. The zero-order valence-corrected chi connectivity index (χ0v) is 55.5. The van der Waals surface area contributed by atoms with Gasteiger partial charge in [-0.25, -0.2) is 16.8 Å². The van der Waals surface area contributed by atoms with Crippen molar-refractivity contribution in [2.75, 3.05) is 134 Å². The van der Waals surface area contributed by atoms with Gasteiger partial charge < -0.3 is 45.3 Å². The number of nitrogens with one attached hydrogen (secondary N) is 10. The van der Waals surface area contributed by atoms with Crippen molar-refractivity contribution < 1.29 is 68.9 Å². The van der Waals surface area contributed by atoms with E-state index in [0.29, 0.717) is 54.8 Å². The van der Waals surface area contributed by atoms with Crippen LogP contribution >= 0.6 is 23.5 Å². The monoisotopic (exact) mass is 1330 g/mol. The Hall–Kier alpha value is -8.72. The fourth-order valence-electron chi connectivity index (χ4n) is 8.69. The number of anilines is 8. The van der Waals surface area contributed by atoms with Crippen LogP contribution in [-0.4, -0.2) is 146 Å². The molecule has 10 N–H and O–H groups in total. The second-order valence-electron chi connectivity index (χ2n) is 20.7. The molecule has 27 nitrogen and oxygen atoms in total. The second-order valence-corrected chi connectivity index (χ2v) is 25.6. The first-order valence-corrected chi connectivity index (χ1v) is 33.7. The van der Waals surface area contributed by atoms with Gasteiger partial charge in [0.1, 0.15) is 0 Å². The van der Waals surface area contributed by atoms with Gasteiger partial charge in [0.2, 0.25) is 13.1 Å². The van der Waals surface area contributed by atoms with E-state index in [9.17, 15) is 45.6 Å². The summed E-state index contributed by atoms with van der Waals surface area (Å²) in [4.78, 5) is 81.2. The van der Waals surface area contributed by atoms with Crippen LogP contribution in [0, 0.1) is 27.7 Å². The van der Waals surface area contributed by atoms with E-state index in [1.165, 1.54) is 59.9 Å². The van der Waals surface area contributed by atoms with Crippen LogP contribution in [0.15, 0.2) is 129 Å². The summed E-state index contributed by atoms with van der Waals surface area (Å²) in [5, 5.41) is 10.7. The molecule has 0 aliphatic carbocycles. The zero-order valence-electron chi connectivity index (χ0n) is 52.2. The highest BCUT2D eigenvalue weighted by Gasteiger charge is 2.25. The lowest BCUT2D eigenvalue weighted by Gasteiger charge is -2.17. The predicted octanol–water partition coefficient (Wildman–Crippen LogP) is 3.82. The summed E-state index contributed by atoms with van der Waals surface area (Å²) in [6, 6.07) is 22.9. The second kappa shape index (κ2) is 33.9. The average Bonchev–Trinajstić information content (AvgIpc) is 0.876. The van der Waals surface area contributed by atoms with Gasteiger partial charge in [0.25, 0.3) is 31.9 Å². The molecule has 2 aromatic heterocycles. The molecule has 488 valence electrons. The lowest BCUT2D eigenvalue weighted by atomic mass is 10.1. The van der Waals surface area contributed by atoms with Gasteiger partial charge in [-0.05, 0) is 111 Å². The lowest BCUT2D eigenvalue weighted by molar-refractivity contribution is -0.684. The molecule has 0 bridgehead atoms. The van der Waals surface area contributed by atoms with Crippen molar-refractivity contribution in [3.8, 4) is 0 Å². The molecule has 0 saturated carbocycles. The molecule has 6 aromatic rings. The number of hydrogen-bond acceptors (Lipinski definition) is 19. The fourth-order valence-corrected chi connectivity index (χ4v) is 12.5. The maximum atomic E-state index is 13.7. The van der Waals surface area contributed by atoms with Crippen LogP contribution < -0.4 is 71.3 Å². The number of aromatic nitrogens is 2. The van der Waals surface area contributed by atoms with Crippen LogP contribution in [0.2, 0.25) is 0 Å². The van der Waals surface area contributed by atoms with E-state index in [1.807, 2.05) is 62.3 Å². The summed E-state index contributed by atoms with van der Waals surface area (Å²) in [5.41, 5.74) is 16.1. The summed E-state index contributed by atoms with van der Waals surface area (Å²) < 4.78 is 79.9. The number of carbonyl (C=O) groups is 6. The van der Waals surface area contributed by atoms with Crippen molar-refractivity contribution in [1.29, 1.82) is 0 Å². The van der Waals surface area contributed by atoms with Crippen LogP contribution in [0.5, 0.6) is 0 Å². The molecule has 0 aliphatic rings. The Morgan fingerprint density at radius 2 is 0.824 bits per heavy atom. The molecule has 0 fully saturated rings. The van der Waals surface area contributed by atoms with Crippen LogP contribution in [-0.2, 0) is 76.1 Å². The minimum atomic E-state index is -4.14. The normalized spacial score (nSPS) is 11.2. The third-order valence-electron chi connectivity index (χ3n) is 13.5. The van der Waals surface area contributed by atoms with Gasteiger partial charge in [0.15, 0.2) is 24.8 Å². The number of ether oxygens (including phenoxy) is 3. The molecule has 0 atom stereocenters. The van der Waals surface area contributed by atoms with Gasteiger partial charge in [0.05, 0.1) is 72.2 Å². The number of pyridine rings is 2. The van der Waals surface area contributed by atoms with Gasteiger partial charge in [-0.15, -0.1) is 23.5 Å². The van der Waals surface area contributed by atoms with E-state index in [0.717, 1.165) is 11.4 Å². The van der Waals surface area contributed by atoms with E-state index < -0.39 is 43.7 Å². The molecule has 0 spiro atoms. The largest absolute Gasteiger partial charge is 0.377 e. The first-order valence-electron chi connectivity index (χ1n) is 28.3. The van der Waals surface area contributed by atoms with Crippen molar-refractivity contribution in [2.45, 2.75) is 60.4 Å². The Morgan fingerprint density at radius 3 is 1.16 bits per heavy atom. The van der Waals surface area contributed by atoms with Crippen LogP contribution in [0.3, 0.4) is 0 Å².